The third kappa shape index (κ3) is 4.34. The van der Waals surface area contributed by atoms with Crippen molar-refractivity contribution in [2.75, 3.05) is 13.2 Å². The minimum absolute atomic E-state index is 0.00000758. The predicted molar refractivity (Wildman–Crippen MR) is 93.9 cm³/mol. The number of imide groups is 1. The molecule has 0 radical (unpaired) electrons. The molecule has 0 saturated carbocycles. The van der Waals surface area contributed by atoms with E-state index in [0.29, 0.717) is 11.8 Å². The molecule has 2 aliphatic rings. The van der Waals surface area contributed by atoms with E-state index in [1.807, 2.05) is 0 Å². The van der Waals surface area contributed by atoms with Crippen LogP contribution in [0.4, 0.5) is 4.79 Å². The van der Waals surface area contributed by atoms with Gasteiger partial charge in [-0.1, -0.05) is 34.6 Å². The van der Waals surface area contributed by atoms with Crippen molar-refractivity contribution < 1.29 is 24.2 Å². The largest absolute Gasteiger partial charge is 0.444 e. The van der Waals surface area contributed by atoms with Gasteiger partial charge in [-0.2, -0.15) is 0 Å². The number of aliphatic hydroxyl groups is 1. The number of ether oxygens (including phenoxy) is 2. The van der Waals surface area contributed by atoms with Crippen molar-refractivity contribution in [3.05, 3.63) is 0 Å². The molecule has 2 amide bonds. The number of fused-ring (bicyclic) bond motifs is 1. The van der Waals surface area contributed by atoms with Gasteiger partial charge in [-0.25, -0.2) is 9.69 Å². The third-order valence-corrected chi connectivity index (χ3v) is 5.21. The zero-order valence-electron chi connectivity index (χ0n) is 16.1. The van der Waals surface area contributed by atoms with Crippen molar-refractivity contribution in [3.63, 3.8) is 0 Å². The molecule has 2 fully saturated rings. The van der Waals surface area contributed by atoms with Crippen molar-refractivity contribution in [2.24, 2.45) is 23.7 Å². The summed E-state index contributed by atoms with van der Waals surface area (Å²) < 4.78 is 12.1. The molecule has 0 aromatic rings. The first-order valence-electron chi connectivity index (χ1n) is 9.58. The van der Waals surface area contributed by atoms with Gasteiger partial charge in [0.15, 0.2) is 0 Å². The van der Waals surface area contributed by atoms with E-state index in [0.717, 1.165) is 24.2 Å². The lowest BCUT2D eigenvalue weighted by Gasteiger charge is -2.50. The second-order valence-electron chi connectivity index (χ2n) is 8.13. The second-order valence-corrected chi connectivity index (χ2v) is 8.13. The van der Waals surface area contributed by atoms with Crippen molar-refractivity contribution in [1.82, 2.24) is 4.90 Å². The number of carbonyl (C=O) groups excluding carboxylic acids is 2. The Kier molecular flexibility index (Phi) is 6.86. The molecule has 2 saturated heterocycles. The Morgan fingerprint density at radius 3 is 2.20 bits per heavy atom. The molecule has 0 aliphatic carbocycles. The van der Waals surface area contributed by atoms with Crippen molar-refractivity contribution >= 4 is 12.0 Å². The molecule has 6 heteroatoms. The van der Waals surface area contributed by atoms with Crippen LogP contribution in [-0.4, -0.2) is 53.5 Å². The molecule has 0 spiro atoms. The highest BCUT2D eigenvalue weighted by Crippen LogP contribution is 2.42. The van der Waals surface area contributed by atoms with Gasteiger partial charge in [0.2, 0.25) is 5.91 Å². The van der Waals surface area contributed by atoms with E-state index in [9.17, 15) is 9.59 Å². The lowest BCUT2D eigenvalue weighted by molar-refractivity contribution is -0.205. The van der Waals surface area contributed by atoms with Crippen molar-refractivity contribution in [2.45, 2.75) is 72.2 Å². The van der Waals surface area contributed by atoms with E-state index in [1.165, 1.54) is 0 Å². The number of amides is 2. The lowest BCUT2D eigenvalue weighted by atomic mass is 9.74. The molecule has 144 valence electrons. The number of aliphatic hydroxyl groups excluding tert-OH is 1. The van der Waals surface area contributed by atoms with Crippen LogP contribution in [0, 0.1) is 23.7 Å². The highest BCUT2D eigenvalue weighted by atomic mass is 16.6. The number of carbonyl (C=O) groups is 2. The van der Waals surface area contributed by atoms with Crippen LogP contribution in [0.5, 0.6) is 0 Å². The predicted octanol–water partition coefficient (Wildman–Crippen LogP) is 2.83. The molecule has 2 rings (SSSR count). The maximum absolute atomic E-state index is 13.0. The Bertz CT molecular complexity index is 478. The molecule has 0 aromatic carbocycles. The average molecular weight is 355 g/mol. The van der Waals surface area contributed by atoms with Crippen LogP contribution < -0.4 is 0 Å². The zero-order chi connectivity index (χ0) is 18.7. The first-order chi connectivity index (χ1) is 11.8. The van der Waals surface area contributed by atoms with Gasteiger partial charge in [0.25, 0.3) is 0 Å². The van der Waals surface area contributed by atoms with Crippen LogP contribution in [0.3, 0.4) is 0 Å². The minimum atomic E-state index is -0.632. The molecule has 2 aliphatic heterocycles. The van der Waals surface area contributed by atoms with Gasteiger partial charge in [-0.05, 0) is 31.1 Å². The standard InChI is InChI=1S/C19H33NO5/c1-6-13-14(9-11(2)3)24-15(10-12(4)5)16-17(13)25-19(23)20(7-8-21)18(16)22/h11-17,21H,6-10H2,1-5H3/t13-,14-,15+,16+,17+/m0/s1. The first-order valence-corrected chi connectivity index (χ1v) is 9.58. The van der Waals surface area contributed by atoms with Crippen molar-refractivity contribution in [3.8, 4) is 0 Å². The molecule has 5 atom stereocenters. The van der Waals surface area contributed by atoms with Crippen LogP contribution in [0.1, 0.15) is 53.9 Å². The van der Waals surface area contributed by atoms with E-state index >= 15 is 0 Å². The van der Waals surface area contributed by atoms with Crippen LogP contribution in [0.2, 0.25) is 0 Å². The highest BCUT2D eigenvalue weighted by Gasteiger charge is 2.55. The number of β-amino-alcohol motifs (C(OH)–C–C–N with tert-alkyl or cyclic N) is 1. The smallest absolute Gasteiger partial charge is 0.416 e. The highest BCUT2D eigenvalue weighted by molar-refractivity contribution is 5.96. The molecule has 2 heterocycles. The molecular weight excluding hydrogens is 322 g/mol. The molecule has 0 aromatic heterocycles. The second kappa shape index (κ2) is 8.49. The lowest BCUT2D eigenvalue weighted by Crippen LogP contribution is -2.63. The molecule has 25 heavy (non-hydrogen) atoms. The summed E-state index contributed by atoms with van der Waals surface area (Å²) in [7, 11) is 0. The maximum atomic E-state index is 13.0. The number of hydrogen-bond acceptors (Lipinski definition) is 5. The van der Waals surface area contributed by atoms with Crippen LogP contribution in [0.15, 0.2) is 0 Å². The van der Waals surface area contributed by atoms with Gasteiger partial charge >= 0.3 is 6.09 Å². The van der Waals surface area contributed by atoms with E-state index in [4.69, 9.17) is 14.6 Å². The Hall–Kier alpha value is -1.14. The summed E-state index contributed by atoms with van der Waals surface area (Å²) in [5.41, 5.74) is 0. The normalized spacial score (nSPS) is 33.0. The molecule has 6 nitrogen and oxygen atoms in total. The molecular formula is C19H33NO5. The quantitative estimate of drug-likeness (QED) is 0.760. The Labute approximate surface area is 150 Å². The van der Waals surface area contributed by atoms with Crippen LogP contribution >= 0.6 is 0 Å². The van der Waals surface area contributed by atoms with Crippen LogP contribution in [-0.2, 0) is 14.3 Å². The fourth-order valence-corrected chi connectivity index (χ4v) is 4.17. The van der Waals surface area contributed by atoms with Gasteiger partial charge in [0.05, 0.1) is 25.4 Å². The van der Waals surface area contributed by atoms with E-state index in [2.05, 4.69) is 34.6 Å². The molecule has 0 bridgehead atoms. The summed E-state index contributed by atoms with van der Waals surface area (Å²) in [6, 6.07) is 0. The maximum Gasteiger partial charge on any atom is 0.416 e. The van der Waals surface area contributed by atoms with Crippen molar-refractivity contribution in [1.29, 1.82) is 0 Å². The fraction of sp³-hybridized carbons (Fsp3) is 0.895. The minimum Gasteiger partial charge on any atom is -0.444 e. The van der Waals surface area contributed by atoms with Gasteiger partial charge in [-0.15, -0.1) is 0 Å². The van der Waals surface area contributed by atoms with Crippen LogP contribution in [0.25, 0.3) is 0 Å². The topological polar surface area (TPSA) is 76.1 Å². The van der Waals surface area contributed by atoms with Gasteiger partial charge in [0, 0.05) is 5.92 Å². The number of nitrogens with zero attached hydrogens (tertiary/aromatic N) is 1. The monoisotopic (exact) mass is 355 g/mol. The Morgan fingerprint density at radius 1 is 1.08 bits per heavy atom. The van der Waals surface area contributed by atoms with Gasteiger partial charge in [-0.3, -0.25) is 4.79 Å². The third-order valence-electron chi connectivity index (χ3n) is 5.21. The van der Waals surface area contributed by atoms with E-state index in [-0.39, 0.29) is 37.2 Å². The molecule has 1 N–H and O–H groups in total. The zero-order valence-corrected chi connectivity index (χ0v) is 16.1. The summed E-state index contributed by atoms with van der Waals surface area (Å²) in [5, 5.41) is 9.17. The summed E-state index contributed by atoms with van der Waals surface area (Å²) >= 11 is 0. The Morgan fingerprint density at radius 2 is 1.68 bits per heavy atom. The fourth-order valence-electron chi connectivity index (χ4n) is 4.17. The summed E-state index contributed by atoms with van der Waals surface area (Å²) in [5.74, 6) is 0.138. The van der Waals surface area contributed by atoms with E-state index in [1.54, 1.807) is 0 Å². The molecule has 0 unspecified atom stereocenters. The summed E-state index contributed by atoms with van der Waals surface area (Å²) in [6.07, 6.45) is 1.13. The Balaban J connectivity index is 2.33. The first kappa shape index (κ1) is 20.2. The number of hydrogen-bond donors (Lipinski definition) is 1. The SMILES string of the molecule is CC[C@@H]1[C@H]2OC(=O)N(CCO)C(=O)[C@@H]2[C@@H](CC(C)C)O[C@H]1CC(C)C. The van der Waals surface area contributed by atoms with E-state index < -0.39 is 18.1 Å². The summed E-state index contributed by atoms with van der Waals surface area (Å²) in [6.45, 7) is 10.3. The average Bonchev–Trinajstić information content (AvgIpc) is 2.50. The number of rotatable bonds is 7. The summed E-state index contributed by atoms with van der Waals surface area (Å²) in [4.78, 5) is 26.3. The van der Waals surface area contributed by atoms with Gasteiger partial charge in [0.1, 0.15) is 12.0 Å². The van der Waals surface area contributed by atoms with Gasteiger partial charge < -0.3 is 14.6 Å².